The van der Waals surface area contributed by atoms with Crippen LogP contribution in [0, 0.1) is 6.92 Å². The number of hydrogen-bond acceptors (Lipinski definition) is 4. The fourth-order valence-corrected chi connectivity index (χ4v) is 2.96. The van der Waals surface area contributed by atoms with Crippen LogP contribution < -0.4 is 5.32 Å². The van der Waals surface area contributed by atoms with E-state index < -0.39 is 0 Å². The molecule has 0 amide bonds. The van der Waals surface area contributed by atoms with Crippen LogP contribution in [0.2, 0.25) is 0 Å². The van der Waals surface area contributed by atoms with E-state index in [4.69, 9.17) is 0 Å². The van der Waals surface area contributed by atoms with Gasteiger partial charge in [-0.05, 0) is 25.5 Å². The van der Waals surface area contributed by atoms with Crippen molar-refractivity contribution in [2.45, 2.75) is 19.9 Å². The number of nitrogens with zero attached hydrogens (tertiary/aromatic N) is 1. The van der Waals surface area contributed by atoms with Crippen LogP contribution in [0.4, 0.5) is 0 Å². The van der Waals surface area contributed by atoms with E-state index in [2.05, 4.69) is 29.4 Å². The van der Waals surface area contributed by atoms with Crippen molar-refractivity contribution in [3.05, 3.63) is 21.9 Å². The van der Waals surface area contributed by atoms with Gasteiger partial charge >= 0.3 is 0 Å². The summed E-state index contributed by atoms with van der Waals surface area (Å²) in [4.78, 5) is 7.19. The van der Waals surface area contributed by atoms with Crippen LogP contribution >= 0.6 is 23.1 Å². The molecule has 2 heterocycles. The molecule has 0 unspecified atom stereocenters. The van der Waals surface area contributed by atoms with E-state index in [-0.39, 0.29) is 0 Å². The first-order valence-corrected chi connectivity index (χ1v) is 6.61. The first-order chi connectivity index (χ1) is 6.84. The van der Waals surface area contributed by atoms with Gasteiger partial charge in [0.05, 0.1) is 6.54 Å². The van der Waals surface area contributed by atoms with Crippen LogP contribution in [0.1, 0.15) is 16.2 Å². The van der Waals surface area contributed by atoms with E-state index in [1.54, 1.807) is 0 Å². The van der Waals surface area contributed by atoms with E-state index in [1.165, 1.54) is 21.9 Å². The number of amidine groups is 1. The summed E-state index contributed by atoms with van der Waals surface area (Å²) >= 11 is 3.68. The zero-order chi connectivity index (χ0) is 9.80. The number of rotatable bonds is 2. The summed E-state index contributed by atoms with van der Waals surface area (Å²) in [5, 5.41) is 4.49. The molecule has 0 bridgehead atoms. The highest BCUT2D eigenvalue weighted by atomic mass is 32.2. The number of thioether (sulfide) groups is 1. The smallest absolute Gasteiger partial charge is 0.156 e. The molecule has 0 aliphatic carbocycles. The van der Waals surface area contributed by atoms with Crippen LogP contribution in [0.15, 0.2) is 17.1 Å². The highest BCUT2D eigenvalue weighted by molar-refractivity contribution is 8.13. The Balaban J connectivity index is 1.84. The monoisotopic (exact) mass is 226 g/mol. The molecule has 4 heteroatoms. The molecule has 2 rings (SSSR count). The Morgan fingerprint density at radius 1 is 1.50 bits per heavy atom. The fourth-order valence-electron chi connectivity index (χ4n) is 1.31. The zero-order valence-electron chi connectivity index (χ0n) is 8.25. The summed E-state index contributed by atoms with van der Waals surface area (Å²) in [6.45, 7) is 4.05. The highest BCUT2D eigenvalue weighted by Crippen LogP contribution is 2.16. The van der Waals surface area contributed by atoms with Crippen LogP contribution in [0.5, 0.6) is 0 Å². The van der Waals surface area contributed by atoms with Crippen LogP contribution in [-0.2, 0) is 6.54 Å². The maximum atomic E-state index is 4.42. The van der Waals surface area contributed by atoms with Gasteiger partial charge < -0.3 is 5.32 Å². The molecular weight excluding hydrogens is 212 g/mol. The van der Waals surface area contributed by atoms with Crippen molar-refractivity contribution < 1.29 is 0 Å². The Kier molecular flexibility index (Phi) is 3.48. The predicted molar refractivity (Wildman–Crippen MR) is 65.3 cm³/mol. The minimum Gasteiger partial charge on any atom is -0.360 e. The lowest BCUT2D eigenvalue weighted by Gasteiger charge is -2.12. The molecule has 0 saturated heterocycles. The van der Waals surface area contributed by atoms with Crippen molar-refractivity contribution >= 4 is 28.3 Å². The van der Waals surface area contributed by atoms with E-state index in [9.17, 15) is 0 Å². The molecule has 1 N–H and O–H groups in total. The largest absolute Gasteiger partial charge is 0.360 e. The topological polar surface area (TPSA) is 24.4 Å². The summed E-state index contributed by atoms with van der Waals surface area (Å²) in [5.41, 5.74) is 0. The molecule has 0 radical (unpaired) electrons. The van der Waals surface area contributed by atoms with Crippen molar-refractivity contribution in [2.75, 3.05) is 12.3 Å². The molecule has 0 fully saturated rings. The van der Waals surface area contributed by atoms with Gasteiger partial charge in [-0.2, -0.15) is 0 Å². The molecular formula is C10H14N2S2. The second-order valence-electron chi connectivity index (χ2n) is 3.25. The molecule has 1 aromatic heterocycles. The highest BCUT2D eigenvalue weighted by Gasteiger charge is 2.05. The summed E-state index contributed by atoms with van der Waals surface area (Å²) in [6.07, 6.45) is 1.22. The van der Waals surface area contributed by atoms with E-state index >= 15 is 0 Å². The SMILES string of the molecule is Cc1ccc(CNC2=NCCCS2)s1. The molecule has 0 atom stereocenters. The third kappa shape index (κ3) is 2.75. The second kappa shape index (κ2) is 4.84. The molecule has 1 aliphatic heterocycles. The molecule has 76 valence electrons. The number of nitrogens with one attached hydrogen (secondary N) is 1. The molecule has 0 aromatic carbocycles. The lowest BCUT2D eigenvalue weighted by molar-refractivity contribution is 0.889. The summed E-state index contributed by atoms with van der Waals surface area (Å²) in [6, 6.07) is 4.35. The van der Waals surface area contributed by atoms with Gasteiger partial charge in [-0.15, -0.1) is 11.3 Å². The molecule has 1 aromatic rings. The first kappa shape index (κ1) is 10.1. The Hall–Kier alpha value is -0.480. The summed E-state index contributed by atoms with van der Waals surface area (Å²) in [5.74, 6) is 1.20. The van der Waals surface area contributed by atoms with Crippen molar-refractivity contribution in [1.29, 1.82) is 0 Å². The maximum absolute atomic E-state index is 4.42. The molecule has 0 saturated carbocycles. The standard InChI is InChI=1S/C10H14N2S2/c1-8-3-4-9(14-8)7-12-10-11-5-2-6-13-10/h3-4H,2,5-7H2,1H3,(H,11,12). The van der Waals surface area contributed by atoms with E-state index in [0.717, 1.165) is 18.3 Å². The Labute approximate surface area is 92.8 Å². The Bertz CT molecular complexity index is 331. The summed E-state index contributed by atoms with van der Waals surface area (Å²) < 4.78 is 0. The number of aryl methyl sites for hydroxylation is 1. The summed E-state index contributed by atoms with van der Waals surface area (Å²) in [7, 11) is 0. The van der Waals surface area contributed by atoms with Crippen molar-refractivity contribution in [2.24, 2.45) is 4.99 Å². The lowest BCUT2D eigenvalue weighted by Crippen LogP contribution is -2.22. The third-order valence-electron chi connectivity index (χ3n) is 2.01. The predicted octanol–water partition coefficient (Wildman–Crippen LogP) is 2.64. The van der Waals surface area contributed by atoms with Crippen LogP contribution in [-0.4, -0.2) is 17.5 Å². The minimum atomic E-state index is 0.921. The second-order valence-corrected chi connectivity index (χ2v) is 5.71. The van der Waals surface area contributed by atoms with Crippen LogP contribution in [0.25, 0.3) is 0 Å². The quantitative estimate of drug-likeness (QED) is 0.838. The van der Waals surface area contributed by atoms with Crippen molar-refractivity contribution in [1.82, 2.24) is 5.32 Å². The van der Waals surface area contributed by atoms with Gasteiger partial charge in [0, 0.05) is 22.1 Å². The normalized spacial score (nSPS) is 16.5. The molecule has 0 spiro atoms. The average Bonchev–Trinajstić information content (AvgIpc) is 2.63. The third-order valence-corrected chi connectivity index (χ3v) is 4.05. The van der Waals surface area contributed by atoms with Gasteiger partial charge in [0.15, 0.2) is 5.17 Å². The van der Waals surface area contributed by atoms with Gasteiger partial charge in [0.25, 0.3) is 0 Å². The van der Waals surface area contributed by atoms with Gasteiger partial charge in [0.1, 0.15) is 0 Å². The van der Waals surface area contributed by atoms with Gasteiger partial charge in [0.2, 0.25) is 0 Å². The molecule has 14 heavy (non-hydrogen) atoms. The Morgan fingerprint density at radius 2 is 2.43 bits per heavy atom. The molecule has 2 nitrogen and oxygen atoms in total. The fraction of sp³-hybridized carbons (Fsp3) is 0.500. The first-order valence-electron chi connectivity index (χ1n) is 4.81. The van der Waals surface area contributed by atoms with Crippen LogP contribution in [0.3, 0.4) is 0 Å². The number of aliphatic imine (C=N–C) groups is 1. The van der Waals surface area contributed by atoms with Crippen molar-refractivity contribution in [3.8, 4) is 0 Å². The number of thiophene rings is 1. The van der Waals surface area contributed by atoms with Gasteiger partial charge in [-0.3, -0.25) is 4.99 Å². The minimum absolute atomic E-state index is 0.921. The van der Waals surface area contributed by atoms with Gasteiger partial charge in [-0.25, -0.2) is 0 Å². The Morgan fingerprint density at radius 3 is 3.07 bits per heavy atom. The van der Waals surface area contributed by atoms with Gasteiger partial charge in [-0.1, -0.05) is 11.8 Å². The lowest BCUT2D eigenvalue weighted by atomic mass is 10.4. The van der Waals surface area contributed by atoms with Crippen molar-refractivity contribution in [3.63, 3.8) is 0 Å². The van der Waals surface area contributed by atoms with E-state index in [0.29, 0.717) is 0 Å². The average molecular weight is 226 g/mol. The number of hydrogen-bond donors (Lipinski definition) is 1. The maximum Gasteiger partial charge on any atom is 0.156 e. The zero-order valence-corrected chi connectivity index (χ0v) is 9.88. The molecule has 1 aliphatic rings. The van der Waals surface area contributed by atoms with E-state index in [1.807, 2.05) is 23.1 Å².